The van der Waals surface area contributed by atoms with E-state index in [9.17, 15) is 10.1 Å². The van der Waals surface area contributed by atoms with E-state index in [4.69, 9.17) is 9.72 Å². The third-order valence-electron chi connectivity index (χ3n) is 4.46. The maximum atomic E-state index is 11.2. The van der Waals surface area contributed by atoms with Crippen LogP contribution in [0.5, 0.6) is 5.75 Å². The lowest BCUT2D eigenvalue weighted by Crippen LogP contribution is -1.89. The van der Waals surface area contributed by atoms with Crippen molar-refractivity contribution in [3.63, 3.8) is 0 Å². The molecule has 0 saturated heterocycles. The minimum atomic E-state index is -0.400. The summed E-state index contributed by atoms with van der Waals surface area (Å²) in [7, 11) is 1.62. The number of hydrogen-bond donors (Lipinski definition) is 1. The van der Waals surface area contributed by atoms with Crippen LogP contribution in [0.3, 0.4) is 0 Å². The summed E-state index contributed by atoms with van der Waals surface area (Å²) in [5.41, 5.74) is 4.05. The third kappa shape index (κ3) is 3.35. The number of hydrogen-bond acceptors (Lipinski definition) is 4. The molecule has 6 nitrogen and oxygen atoms in total. The molecule has 0 aliphatic carbocycles. The standard InChI is InChI=1S/C22H17N3O3/c1-28-19-12-10-16(11-13-19)22-23-20(15-6-3-2-4-7-15)21(24-22)17-8-5-9-18(14-17)25(26)27/h2-14H,1H3,(H,23,24). The Morgan fingerprint density at radius 1 is 0.893 bits per heavy atom. The number of nitrogens with zero attached hydrogens (tertiary/aromatic N) is 2. The summed E-state index contributed by atoms with van der Waals surface area (Å²) >= 11 is 0. The first kappa shape index (κ1) is 17.5. The van der Waals surface area contributed by atoms with Crippen molar-refractivity contribution in [3.8, 4) is 39.7 Å². The molecular formula is C22H17N3O3. The van der Waals surface area contributed by atoms with Gasteiger partial charge in [-0.1, -0.05) is 42.5 Å². The molecular weight excluding hydrogens is 354 g/mol. The molecule has 0 aliphatic heterocycles. The highest BCUT2D eigenvalue weighted by atomic mass is 16.6. The SMILES string of the molecule is COc1ccc(-c2nc(-c3cccc([N+](=O)[O-])c3)c(-c3ccccc3)[nH]2)cc1. The Balaban J connectivity index is 1.87. The molecule has 1 heterocycles. The van der Waals surface area contributed by atoms with Crippen molar-refractivity contribution in [1.82, 2.24) is 9.97 Å². The molecule has 0 radical (unpaired) electrons. The minimum absolute atomic E-state index is 0.0329. The fourth-order valence-corrected chi connectivity index (χ4v) is 3.05. The molecule has 1 aromatic heterocycles. The van der Waals surface area contributed by atoms with Crippen LogP contribution < -0.4 is 4.74 Å². The van der Waals surface area contributed by atoms with Gasteiger partial charge < -0.3 is 9.72 Å². The summed E-state index contributed by atoms with van der Waals surface area (Å²) in [6.07, 6.45) is 0. The van der Waals surface area contributed by atoms with E-state index in [1.165, 1.54) is 6.07 Å². The molecule has 0 unspecified atom stereocenters. The van der Waals surface area contributed by atoms with E-state index < -0.39 is 4.92 Å². The largest absolute Gasteiger partial charge is 0.497 e. The Labute approximate surface area is 161 Å². The lowest BCUT2D eigenvalue weighted by Gasteiger charge is -2.03. The van der Waals surface area contributed by atoms with Crippen LogP contribution >= 0.6 is 0 Å². The molecule has 0 saturated carbocycles. The monoisotopic (exact) mass is 371 g/mol. The Morgan fingerprint density at radius 2 is 1.61 bits per heavy atom. The fourth-order valence-electron chi connectivity index (χ4n) is 3.05. The average Bonchev–Trinajstić information content (AvgIpc) is 3.20. The highest BCUT2D eigenvalue weighted by molar-refractivity contribution is 5.82. The van der Waals surface area contributed by atoms with E-state index in [1.54, 1.807) is 19.2 Å². The van der Waals surface area contributed by atoms with E-state index in [0.29, 0.717) is 17.1 Å². The second-order valence-corrected chi connectivity index (χ2v) is 6.21. The summed E-state index contributed by atoms with van der Waals surface area (Å²) in [5.74, 6) is 1.44. The van der Waals surface area contributed by atoms with Crippen LogP contribution in [-0.2, 0) is 0 Å². The number of rotatable bonds is 5. The predicted octanol–water partition coefficient (Wildman–Crippen LogP) is 5.33. The van der Waals surface area contributed by atoms with Crippen molar-refractivity contribution in [2.75, 3.05) is 7.11 Å². The van der Waals surface area contributed by atoms with Crippen molar-refractivity contribution < 1.29 is 9.66 Å². The van der Waals surface area contributed by atoms with Crippen molar-refractivity contribution in [2.45, 2.75) is 0 Å². The molecule has 0 amide bonds. The van der Waals surface area contributed by atoms with Crippen LogP contribution in [0.1, 0.15) is 0 Å². The number of imidazole rings is 1. The summed E-state index contributed by atoms with van der Waals surface area (Å²) in [4.78, 5) is 18.9. The van der Waals surface area contributed by atoms with E-state index >= 15 is 0 Å². The van der Waals surface area contributed by atoms with E-state index in [2.05, 4.69) is 4.98 Å². The van der Waals surface area contributed by atoms with Gasteiger partial charge in [-0.3, -0.25) is 10.1 Å². The number of nitrogens with one attached hydrogen (secondary N) is 1. The molecule has 1 N–H and O–H groups in total. The van der Waals surface area contributed by atoms with E-state index in [0.717, 1.165) is 22.6 Å². The van der Waals surface area contributed by atoms with Crippen LogP contribution in [0.4, 0.5) is 5.69 Å². The summed E-state index contributed by atoms with van der Waals surface area (Å²) in [6.45, 7) is 0. The summed E-state index contributed by atoms with van der Waals surface area (Å²) < 4.78 is 5.21. The van der Waals surface area contributed by atoms with Gasteiger partial charge in [-0.2, -0.15) is 0 Å². The fraction of sp³-hybridized carbons (Fsp3) is 0.0455. The molecule has 0 fully saturated rings. The third-order valence-corrected chi connectivity index (χ3v) is 4.46. The molecule has 3 aromatic carbocycles. The number of H-pyrrole nitrogens is 1. The molecule has 28 heavy (non-hydrogen) atoms. The Bertz CT molecular complexity index is 1120. The minimum Gasteiger partial charge on any atom is -0.497 e. The Morgan fingerprint density at radius 3 is 2.29 bits per heavy atom. The molecule has 0 bridgehead atoms. The highest BCUT2D eigenvalue weighted by Crippen LogP contribution is 2.34. The second-order valence-electron chi connectivity index (χ2n) is 6.21. The van der Waals surface area contributed by atoms with Gasteiger partial charge in [0.2, 0.25) is 0 Å². The van der Waals surface area contributed by atoms with Gasteiger partial charge in [0.25, 0.3) is 5.69 Å². The number of non-ortho nitro benzene ring substituents is 1. The van der Waals surface area contributed by atoms with E-state index in [1.807, 2.05) is 60.7 Å². The zero-order valence-corrected chi connectivity index (χ0v) is 15.1. The van der Waals surface area contributed by atoms with Crippen LogP contribution in [0.15, 0.2) is 78.9 Å². The van der Waals surface area contributed by atoms with Gasteiger partial charge in [0.1, 0.15) is 11.6 Å². The topological polar surface area (TPSA) is 81.1 Å². The van der Waals surface area contributed by atoms with E-state index in [-0.39, 0.29) is 5.69 Å². The van der Waals surface area contributed by atoms with Crippen molar-refractivity contribution in [2.24, 2.45) is 0 Å². The molecule has 138 valence electrons. The van der Waals surface area contributed by atoms with Gasteiger partial charge in [0.05, 0.1) is 23.4 Å². The average molecular weight is 371 g/mol. The number of nitro groups is 1. The molecule has 0 spiro atoms. The molecule has 4 aromatic rings. The van der Waals surface area contributed by atoms with Crippen LogP contribution in [0.2, 0.25) is 0 Å². The quantitative estimate of drug-likeness (QED) is 0.380. The first-order valence-corrected chi connectivity index (χ1v) is 8.70. The highest BCUT2D eigenvalue weighted by Gasteiger charge is 2.17. The van der Waals surface area contributed by atoms with Gasteiger partial charge in [0.15, 0.2) is 0 Å². The lowest BCUT2D eigenvalue weighted by molar-refractivity contribution is -0.384. The first-order chi connectivity index (χ1) is 13.7. The Hall–Kier alpha value is -3.93. The van der Waals surface area contributed by atoms with Gasteiger partial charge in [0, 0.05) is 28.8 Å². The maximum Gasteiger partial charge on any atom is 0.270 e. The van der Waals surface area contributed by atoms with Crippen molar-refractivity contribution >= 4 is 5.69 Å². The maximum absolute atomic E-state index is 11.2. The Kier molecular flexibility index (Phi) is 4.60. The number of nitro benzene ring substituents is 1. The first-order valence-electron chi connectivity index (χ1n) is 8.70. The van der Waals surface area contributed by atoms with Gasteiger partial charge in [-0.05, 0) is 24.3 Å². The van der Waals surface area contributed by atoms with Crippen LogP contribution in [-0.4, -0.2) is 22.0 Å². The molecule has 0 atom stereocenters. The zero-order chi connectivity index (χ0) is 19.5. The predicted molar refractivity (Wildman–Crippen MR) is 108 cm³/mol. The number of aromatic amines is 1. The zero-order valence-electron chi connectivity index (χ0n) is 15.1. The van der Waals surface area contributed by atoms with Crippen molar-refractivity contribution in [1.29, 1.82) is 0 Å². The number of benzene rings is 3. The molecule has 4 rings (SSSR count). The molecule has 6 heteroatoms. The lowest BCUT2D eigenvalue weighted by atomic mass is 10.0. The summed E-state index contributed by atoms with van der Waals surface area (Å²) in [6, 6.07) is 23.9. The smallest absolute Gasteiger partial charge is 0.270 e. The van der Waals surface area contributed by atoms with Gasteiger partial charge >= 0.3 is 0 Å². The van der Waals surface area contributed by atoms with Crippen LogP contribution in [0, 0.1) is 10.1 Å². The summed E-state index contributed by atoms with van der Waals surface area (Å²) in [5, 5.41) is 11.2. The number of ether oxygens (including phenoxy) is 1. The number of methoxy groups -OCH3 is 1. The van der Waals surface area contributed by atoms with Gasteiger partial charge in [-0.25, -0.2) is 4.98 Å². The second kappa shape index (κ2) is 7.36. The van der Waals surface area contributed by atoms with Gasteiger partial charge in [-0.15, -0.1) is 0 Å². The number of aromatic nitrogens is 2. The van der Waals surface area contributed by atoms with Crippen molar-refractivity contribution in [3.05, 3.63) is 89.0 Å². The molecule has 0 aliphatic rings. The van der Waals surface area contributed by atoms with Crippen LogP contribution in [0.25, 0.3) is 33.9 Å². The normalized spacial score (nSPS) is 10.6.